The van der Waals surface area contributed by atoms with Crippen LogP contribution in [0.3, 0.4) is 0 Å². The molecule has 1 heterocycles. The highest BCUT2D eigenvalue weighted by Gasteiger charge is 2.20. The Morgan fingerprint density at radius 1 is 0.907 bits per heavy atom. The van der Waals surface area contributed by atoms with Gasteiger partial charge in [0.25, 0.3) is 0 Å². The van der Waals surface area contributed by atoms with Crippen molar-refractivity contribution in [3.8, 4) is 0 Å². The zero-order chi connectivity index (χ0) is 31.3. The van der Waals surface area contributed by atoms with Gasteiger partial charge < -0.3 is 20.1 Å². The number of ether oxygens (including phenoxy) is 2. The summed E-state index contributed by atoms with van der Waals surface area (Å²) >= 11 is 2.90. The van der Waals surface area contributed by atoms with E-state index in [2.05, 4.69) is 42.1 Å². The molecule has 0 aliphatic carbocycles. The van der Waals surface area contributed by atoms with Crippen LogP contribution >= 0.6 is 23.1 Å². The molecule has 0 radical (unpaired) electrons. The Labute approximate surface area is 265 Å². The second-order valence-corrected chi connectivity index (χ2v) is 12.0. The molecule has 2 atom stereocenters. The molecule has 2 amide bonds. The third-order valence-electron chi connectivity index (χ3n) is 6.09. The standard InChI is InChI=1S/C32H39N3O4S2.C2H6/c1-4-40-29(17-24(2)3)21-38-31(36)34-27(18-25-11-7-5-8-12-25)15-16-28(19-26-13-9-6-10-14-26)35-32(37)39-22-30-20-33-23-41-30;1-2/h4-14,17,20,23-24,27-28H,1,15-16,18-19,21-22H2,2-3H3,(H,34,36)(H,35,37);1-2H3/b29-17-;. The number of rotatable bonds is 16. The van der Waals surface area contributed by atoms with Gasteiger partial charge in [-0.25, -0.2) is 9.59 Å². The Bertz CT molecular complexity index is 1220. The molecule has 0 spiro atoms. The van der Waals surface area contributed by atoms with Crippen molar-refractivity contribution in [2.45, 2.75) is 72.1 Å². The first kappa shape index (κ1) is 35.6. The second-order valence-electron chi connectivity index (χ2n) is 9.92. The van der Waals surface area contributed by atoms with Crippen LogP contribution in [0.5, 0.6) is 0 Å². The number of benzene rings is 2. The summed E-state index contributed by atoms with van der Waals surface area (Å²) < 4.78 is 11.0. The highest BCUT2D eigenvalue weighted by atomic mass is 32.2. The number of nitrogens with zero attached hydrogens (tertiary/aromatic N) is 1. The number of carbonyl (C=O) groups excluding carboxylic acids is 2. The Morgan fingerprint density at radius 3 is 1.91 bits per heavy atom. The Hall–Kier alpha value is -3.56. The minimum Gasteiger partial charge on any atom is -0.444 e. The summed E-state index contributed by atoms with van der Waals surface area (Å²) in [5.74, 6) is 0.331. The predicted molar refractivity (Wildman–Crippen MR) is 179 cm³/mol. The number of hydrogen-bond donors (Lipinski definition) is 2. The summed E-state index contributed by atoms with van der Waals surface area (Å²) in [4.78, 5) is 31.4. The van der Waals surface area contributed by atoms with E-state index in [-0.39, 0.29) is 25.3 Å². The van der Waals surface area contributed by atoms with Gasteiger partial charge in [0, 0.05) is 23.2 Å². The monoisotopic (exact) mass is 623 g/mol. The van der Waals surface area contributed by atoms with Crippen molar-refractivity contribution in [2.24, 2.45) is 5.92 Å². The number of thioether (sulfide) groups is 1. The fraction of sp³-hybridized carbons (Fsp3) is 0.382. The molecule has 1 aromatic heterocycles. The normalized spacial score (nSPS) is 12.3. The first-order valence-electron chi connectivity index (χ1n) is 14.7. The smallest absolute Gasteiger partial charge is 0.407 e. The topological polar surface area (TPSA) is 89.6 Å². The van der Waals surface area contributed by atoms with E-state index in [1.54, 1.807) is 17.1 Å². The van der Waals surface area contributed by atoms with Crippen molar-refractivity contribution >= 4 is 35.3 Å². The largest absolute Gasteiger partial charge is 0.444 e. The van der Waals surface area contributed by atoms with Gasteiger partial charge in [0.2, 0.25) is 0 Å². The highest BCUT2D eigenvalue weighted by Crippen LogP contribution is 2.19. The molecule has 232 valence electrons. The van der Waals surface area contributed by atoms with Crippen LogP contribution in [0.15, 0.2) is 95.3 Å². The summed E-state index contributed by atoms with van der Waals surface area (Å²) in [5, 5.41) is 7.82. The van der Waals surface area contributed by atoms with E-state index in [1.807, 2.05) is 74.5 Å². The van der Waals surface area contributed by atoms with E-state index in [0.717, 1.165) is 20.9 Å². The van der Waals surface area contributed by atoms with Gasteiger partial charge in [-0.3, -0.25) is 4.98 Å². The summed E-state index contributed by atoms with van der Waals surface area (Å²) in [5.41, 5.74) is 3.92. The Morgan fingerprint density at radius 2 is 1.44 bits per heavy atom. The molecule has 0 aliphatic rings. The fourth-order valence-corrected chi connectivity index (χ4v) is 5.45. The fourth-order valence-electron chi connectivity index (χ4n) is 4.25. The van der Waals surface area contributed by atoms with Crippen LogP contribution < -0.4 is 10.6 Å². The third-order valence-corrected chi connectivity index (χ3v) is 7.56. The molecule has 2 unspecified atom stereocenters. The van der Waals surface area contributed by atoms with Gasteiger partial charge >= 0.3 is 12.2 Å². The molecule has 0 saturated carbocycles. The van der Waals surface area contributed by atoms with Gasteiger partial charge in [0.1, 0.15) is 13.2 Å². The Kier molecular flexibility index (Phi) is 17.6. The summed E-state index contributed by atoms with van der Waals surface area (Å²) in [6, 6.07) is 19.7. The van der Waals surface area contributed by atoms with Crippen molar-refractivity contribution in [1.29, 1.82) is 0 Å². The number of alkyl carbamates (subject to hydrolysis) is 2. The van der Waals surface area contributed by atoms with E-state index in [9.17, 15) is 9.59 Å². The van der Waals surface area contributed by atoms with Crippen molar-refractivity contribution in [3.63, 3.8) is 0 Å². The second kappa shape index (κ2) is 21.2. The average Bonchev–Trinajstić information content (AvgIpc) is 3.53. The number of thiazole rings is 1. The summed E-state index contributed by atoms with van der Waals surface area (Å²) in [6.07, 6.45) is 5.35. The lowest BCUT2D eigenvalue weighted by molar-refractivity contribution is 0.135. The highest BCUT2D eigenvalue weighted by molar-refractivity contribution is 8.05. The minimum absolute atomic E-state index is 0.177. The molecule has 0 saturated heterocycles. The first-order chi connectivity index (χ1) is 20.9. The zero-order valence-electron chi connectivity index (χ0n) is 25.7. The molecular weight excluding hydrogens is 579 g/mol. The molecular formula is C34H45N3O4S2. The number of amides is 2. The van der Waals surface area contributed by atoms with Gasteiger partial charge in [0.05, 0.1) is 10.4 Å². The lowest BCUT2D eigenvalue weighted by atomic mass is 9.96. The molecule has 3 aromatic rings. The maximum absolute atomic E-state index is 12.9. The maximum Gasteiger partial charge on any atom is 0.407 e. The molecule has 2 N–H and O–H groups in total. The quantitative estimate of drug-likeness (QED) is 0.166. The molecule has 9 heteroatoms. The van der Waals surface area contributed by atoms with Crippen LogP contribution in [0.4, 0.5) is 9.59 Å². The molecule has 43 heavy (non-hydrogen) atoms. The summed E-state index contributed by atoms with van der Waals surface area (Å²) in [7, 11) is 0. The van der Waals surface area contributed by atoms with Gasteiger partial charge in [-0.1, -0.05) is 113 Å². The number of nitrogens with one attached hydrogen (secondary N) is 2. The SMILES string of the molecule is C=CS/C(=C\C(C)C)COC(=O)NC(CCC(Cc1ccccc1)NC(=O)OCc1cncs1)Cc1ccccc1.CC. The van der Waals surface area contributed by atoms with Gasteiger partial charge in [-0.05, 0) is 48.1 Å². The summed E-state index contributed by atoms with van der Waals surface area (Å²) in [6.45, 7) is 12.3. The van der Waals surface area contributed by atoms with Gasteiger partial charge in [-0.2, -0.15) is 0 Å². The van der Waals surface area contributed by atoms with Crippen molar-refractivity contribution in [2.75, 3.05) is 6.61 Å². The lowest BCUT2D eigenvalue weighted by Crippen LogP contribution is -2.41. The van der Waals surface area contributed by atoms with E-state index >= 15 is 0 Å². The number of allylic oxidation sites excluding steroid dienone is 1. The van der Waals surface area contributed by atoms with Gasteiger partial charge in [0.15, 0.2) is 0 Å². The number of aromatic nitrogens is 1. The molecule has 2 aromatic carbocycles. The first-order valence-corrected chi connectivity index (χ1v) is 16.5. The van der Waals surface area contributed by atoms with Crippen molar-refractivity contribution in [3.05, 3.63) is 111 Å². The third kappa shape index (κ3) is 15.5. The van der Waals surface area contributed by atoms with E-state index in [1.165, 1.54) is 23.1 Å². The van der Waals surface area contributed by atoms with E-state index < -0.39 is 12.2 Å². The van der Waals surface area contributed by atoms with E-state index in [4.69, 9.17) is 9.47 Å². The molecule has 3 rings (SSSR count). The van der Waals surface area contributed by atoms with Crippen LogP contribution in [-0.4, -0.2) is 35.9 Å². The average molecular weight is 624 g/mol. The van der Waals surface area contributed by atoms with Gasteiger partial charge in [-0.15, -0.1) is 11.3 Å². The lowest BCUT2D eigenvalue weighted by Gasteiger charge is -2.23. The molecule has 0 fully saturated rings. The van der Waals surface area contributed by atoms with Crippen LogP contribution in [0.2, 0.25) is 0 Å². The number of carbonyl (C=O) groups is 2. The molecule has 0 aliphatic heterocycles. The van der Waals surface area contributed by atoms with Crippen LogP contribution in [0, 0.1) is 5.92 Å². The van der Waals surface area contributed by atoms with Crippen LogP contribution in [0.25, 0.3) is 0 Å². The predicted octanol–water partition coefficient (Wildman–Crippen LogP) is 8.54. The molecule has 7 nitrogen and oxygen atoms in total. The van der Waals surface area contributed by atoms with Crippen LogP contribution in [0.1, 0.15) is 56.5 Å². The maximum atomic E-state index is 12.9. The number of hydrogen-bond acceptors (Lipinski definition) is 7. The van der Waals surface area contributed by atoms with Crippen LogP contribution in [-0.2, 0) is 28.9 Å². The van der Waals surface area contributed by atoms with Crippen molar-refractivity contribution < 1.29 is 19.1 Å². The van der Waals surface area contributed by atoms with E-state index in [0.29, 0.717) is 31.6 Å². The Balaban J connectivity index is 0.00000316. The van der Waals surface area contributed by atoms with Crippen molar-refractivity contribution in [1.82, 2.24) is 15.6 Å². The zero-order valence-corrected chi connectivity index (χ0v) is 27.3. The minimum atomic E-state index is -0.476. The molecule has 0 bridgehead atoms.